The van der Waals surface area contributed by atoms with Crippen LogP contribution in [0.4, 0.5) is 5.69 Å². The van der Waals surface area contributed by atoms with Crippen molar-refractivity contribution >= 4 is 35.6 Å². The monoisotopic (exact) mass is 430 g/mol. The van der Waals surface area contributed by atoms with Crippen LogP contribution < -0.4 is 11.1 Å². The predicted octanol–water partition coefficient (Wildman–Crippen LogP) is 3.77. The van der Waals surface area contributed by atoms with E-state index in [4.69, 9.17) is 5.73 Å². The molecule has 1 aromatic rings. The molecule has 1 aliphatic carbocycles. The summed E-state index contributed by atoms with van der Waals surface area (Å²) in [4.78, 5) is 6.91. The summed E-state index contributed by atoms with van der Waals surface area (Å²) in [5.41, 5.74) is 9.89. The van der Waals surface area contributed by atoms with E-state index in [1.807, 2.05) is 0 Å². The van der Waals surface area contributed by atoms with Crippen molar-refractivity contribution in [3.63, 3.8) is 0 Å². The highest BCUT2D eigenvalue weighted by atomic mass is 127. The quantitative estimate of drug-likeness (QED) is 0.425. The van der Waals surface area contributed by atoms with E-state index in [9.17, 15) is 0 Å². The van der Waals surface area contributed by atoms with Gasteiger partial charge in [0.2, 0.25) is 0 Å². The van der Waals surface area contributed by atoms with Gasteiger partial charge in [0, 0.05) is 24.2 Å². The van der Waals surface area contributed by atoms with Gasteiger partial charge in [-0.1, -0.05) is 18.9 Å². The van der Waals surface area contributed by atoms with E-state index in [1.165, 1.54) is 36.8 Å². The Hall–Kier alpha value is -0.820. The molecule has 0 heterocycles. The molecule has 3 N–H and O–H groups in total. The van der Waals surface area contributed by atoms with Crippen LogP contribution in [0.25, 0.3) is 0 Å². The van der Waals surface area contributed by atoms with Gasteiger partial charge in [0.25, 0.3) is 0 Å². The molecule has 0 spiro atoms. The van der Waals surface area contributed by atoms with Crippen molar-refractivity contribution in [3.05, 3.63) is 29.3 Å². The zero-order valence-corrected chi connectivity index (χ0v) is 17.2. The third-order valence-electron chi connectivity index (χ3n) is 4.39. The van der Waals surface area contributed by atoms with Crippen LogP contribution in [0.3, 0.4) is 0 Å². The Bertz CT molecular complexity index is 514. The van der Waals surface area contributed by atoms with Crippen molar-refractivity contribution in [1.29, 1.82) is 0 Å². The van der Waals surface area contributed by atoms with Crippen LogP contribution in [0.5, 0.6) is 0 Å². The zero-order chi connectivity index (χ0) is 16.2. The van der Waals surface area contributed by atoms with E-state index >= 15 is 0 Å². The number of nitrogens with zero attached hydrogens (tertiary/aromatic N) is 2. The number of anilines is 1. The van der Waals surface area contributed by atoms with Gasteiger partial charge in [0.05, 0.1) is 0 Å². The van der Waals surface area contributed by atoms with Crippen LogP contribution in [0.2, 0.25) is 0 Å². The Morgan fingerprint density at radius 3 is 2.26 bits per heavy atom. The first-order chi connectivity index (χ1) is 10.4. The molecule has 1 aliphatic rings. The summed E-state index contributed by atoms with van der Waals surface area (Å²) < 4.78 is 0. The van der Waals surface area contributed by atoms with Gasteiger partial charge >= 0.3 is 0 Å². The molecule has 1 fully saturated rings. The second-order valence-corrected chi connectivity index (χ2v) is 7.15. The smallest absolute Gasteiger partial charge is 0.193 e. The zero-order valence-electron chi connectivity index (χ0n) is 14.9. The molecule has 1 saturated carbocycles. The first-order valence-electron chi connectivity index (χ1n) is 8.19. The van der Waals surface area contributed by atoms with Crippen LogP contribution in [-0.2, 0) is 0 Å². The molecular formula is C18H31IN4. The van der Waals surface area contributed by atoms with Gasteiger partial charge in [0.1, 0.15) is 0 Å². The Morgan fingerprint density at radius 2 is 1.74 bits per heavy atom. The Labute approximate surface area is 157 Å². The van der Waals surface area contributed by atoms with Gasteiger partial charge in [-0.25, -0.2) is 0 Å². The number of halogens is 1. The second-order valence-electron chi connectivity index (χ2n) is 7.15. The van der Waals surface area contributed by atoms with E-state index in [0.717, 1.165) is 18.8 Å². The molecule has 0 atom stereocenters. The van der Waals surface area contributed by atoms with Gasteiger partial charge in [0.15, 0.2) is 5.96 Å². The molecule has 0 aromatic heterocycles. The summed E-state index contributed by atoms with van der Waals surface area (Å²) in [6.07, 6.45) is 5.14. The van der Waals surface area contributed by atoms with Crippen LogP contribution in [0.1, 0.15) is 36.8 Å². The van der Waals surface area contributed by atoms with E-state index in [0.29, 0.717) is 11.4 Å². The summed E-state index contributed by atoms with van der Waals surface area (Å²) >= 11 is 0. The summed E-state index contributed by atoms with van der Waals surface area (Å²) in [6, 6.07) is 6.35. The van der Waals surface area contributed by atoms with Gasteiger partial charge in [-0.2, -0.15) is 0 Å². The third-order valence-corrected chi connectivity index (χ3v) is 4.39. The van der Waals surface area contributed by atoms with E-state index in [-0.39, 0.29) is 24.0 Å². The minimum Gasteiger partial charge on any atom is -0.370 e. The summed E-state index contributed by atoms with van der Waals surface area (Å²) in [7, 11) is 4.28. The lowest BCUT2D eigenvalue weighted by Crippen LogP contribution is -2.35. The topological polar surface area (TPSA) is 53.6 Å². The van der Waals surface area contributed by atoms with Crippen molar-refractivity contribution in [3.8, 4) is 0 Å². The molecule has 23 heavy (non-hydrogen) atoms. The number of hydrogen-bond donors (Lipinski definition) is 2. The highest BCUT2D eigenvalue weighted by Gasteiger charge is 2.34. The van der Waals surface area contributed by atoms with Crippen LogP contribution >= 0.6 is 24.0 Å². The molecule has 0 bridgehead atoms. The van der Waals surface area contributed by atoms with E-state index in [1.54, 1.807) is 0 Å². The Kier molecular flexibility index (Phi) is 7.80. The van der Waals surface area contributed by atoms with Crippen LogP contribution in [0, 0.1) is 19.3 Å². The van der Waals surface area contributed by atoms with Crippen molar-refractivity contribution in [2.24, 2.45) is 16.1 Å². The van der Waals surface area contributed by atoms with Crippen molar-refractivity contribution in [2.45, 2.75) is 39.5 Å². The molecule has 4 nitrogen and oxygen atoms in total. The second kappa shape index (κ2) is 8.87. The SMILES string of the molecule is Cc1cc(C)cc(NC(N)=NCC2(CN(C)C)CCCC2)c1.I. The molecule has 0 aliphatic heterocycles. The lowest BCUT2D eigenvalue weighted by atomic mass is 9.86. The molecule has 0 unspecified atom stereocenters. The Morgan fingerprint density at radius 1 is 1.17 bits per heavy atom. The first kappa shape index (κ1) is 20.2. The summed E-state index contributed by atoms with van der Waals surface area (Å²) in [5, 5.41) is 3.23. The molecule has 130 valence electrons. The number of nitrogens with two attached hydrogens (primary N) is 1. The van der Waals surface area contributed by atoms with Gasteiger partial charge in [-0.05, 0) is 64.0 Å². The van der Waals surface area contributed by atoms with Gasteiger partial charge < -0.3 is 16.0 Å². The van der Waals surface area contributed by atoms with Crippen molar-refractivity contribution in [1.82, 2.24) is 4.90 Å². The summed E-state index contributed by atoms with van der Waals surface area (Å²) in [6.45, 7) is 6.09. The largest absolute Gasteiger partial charge is 0.370 e. The van der Waals surface area contributed by atoms with Gasteiger partial charge in [-0.15, -0.1) is 24.0 Å². The number of rotatable bonds is 5. The highest BCUT2D eigenvalue weighted by Crippen LogP contribution is 2.38. The Balaban J connectivity index is 0.00000264. The maximum Gasteiger partial charge on any atom is 0.193 e. The number of nitrogens with one attached hydrogen (secondary N) is 1. The molecule has 1 aromatic carbocycles. The molecular weight excluding hydrogens is 399 g/mol. The average Bonchev–Trinajstić information content (AvgIpc) is 2.83. The van der Waals surface area contributed by atoms with Crippen LogP contribution in [0.15, 0.2) is 23.2 Å². The number of guanidine groups is 1. The summed E-state index contributed by atoms with van der Waals surface area (Å²) in [5.74, 6) is 0.523. The van der Waals surface area contributed by atoms with Crippen molar-refractivity contribution < 1.29 is 0 Å². The number of benzene rings is 1. The fourth-order valence-corrected chi connectivity index (χ4v) is 3.65. The normalized spacial score (nSPS) is 17.2. The molecule has 0 saturated heterocycles. The number of hydrogen-bond acceptors (Lipinski definition) is 2. The lowest BCUT2D eigenvalue weighted by Gasteiger charge is -2.30. The van der Waals surface area contributed by atoms with Crippen LogP contribution in [-0.4, -0.2) is 38.0 Å². The van der Waals surface area contributed by atoms with E-state index in [2.05, 4.69) is 61.4 Å². The predicted molar refractivity (Wildman–Crippen MR) is 111 cm³/mol. The number of aryl methyl sites for hydroxylation is 2. The minimum absolute atomic E-state index is 0. The number of aliphatic imine (C=N–C) groups is 1. The van der Waals surface area contributed by atoms with Crippen molar-refractivity contribution in [2.75, 3.05) is 32.5 Å². The third kappa shape index (κ3) is 6.30. The lowest BCUT2D eigenvalue weighted by molar-refractivity contribution is 0.210. The molecule has 0 radical (unpaired) electrons. The molecule has 0 amide bonds. The fourth-order valence-electron chi connectivity index (χ4n) is 3.65. The van der Waals surface area contributed by atoms with E-state index < -0.39 is 0 Å². The first-order valence-corrected chi connectivity index (χ1v) is 8.19. The fraction of sp³-hybridized carbons (Fsp3) is 0.611. The minimum atomic E-state index is 0. The molecule has 2 rings (SSSR count). The van der Waals surface area contributed by atoms with Gasteiger partial charge in [-0.3, -0.25) is 4.99 Å². The highest BCUT2D eigenvalue weighted by molar-refractivity contribution is 14.0. The maximum absolute atomic E-state index is 6.10. The standard InChI is InChI=1S/C18H30N4.HI/c1-14-9-15(2)11-16(10-14)21-17(19)20-12-18(13-22(3)4)7-5-6-8-18;/h9-11H,5-8,12-13H2,1-4H3,(H3,19,20,21);1H. The maximum atomic E-state index is 6.10. The molecule has 5 heteroatoms. The average molecular weight is 430 g/mol.